The van der Waals surface area contributed by atoms with E-state index in [-0.39, 0.29) is 5.91 Å². The molecule has 1 saturated heterocycles. The summed E-state index contributed by atoms with van der Waals surface area (Å²) in [7, 11) is 1.60. The number of hydrogen-bond donors (Lipinski definition) is 2. The van der Waals surface area contributed by atoms with Gasteiger partial charge in [0.15, 0.2) is 0 Å². The molecule has 2 amide bonds. The van der Waals surface area contributed by atoms with Crippen molar-refractivity contribution in [2.75, 3.05) is 19.0 Å². The summed E-state index contributed by atoms with van der Waals surface area (Å²) in [4.78, 5) is 24.5. The van der Waals surface area contributed by atoms with E-state index in [0.29, 0.717) is 13.0 Å². The summed E-state index contributed by atoms with van der Waals surface area (Å²) in [6.07, 6.45) is 0.261. The van der Waals surface area contributed by atoms with Gasteiger partial charge >= 0.3 is 6.09 Å². The molecule has 0 bridgehead atoms. The second kappa shape index (κ2) is 5.60. The van der Waals surface area contributed by atoms with E-state index in [4.69, 9.17) is 5.11 Å². The van der Waals surface area contributed by atoms with Crippen LogP contribution in [0.3, 0.4) is 0 Å². The molecule has 0 aliphatic carbocycles. The number of benzene rings is 1. The van der Waals surface area contributed by atoms with Gasteiger partial charge in [0.05, 0.1) is 5.69 Å². The standard InChI is InChI=1S/C13H17N3O3/c1-15(14-10-6-3-2-4-7-10)12(17)11-8-5-9-16(11)13(18)19/h2-4,6-7,11,14H,5,8-9H2,1H3,(H,18,19). The highest BCUT2D eigenvalue weighted by atomic mass is 16.4. The largest absolute Gasteiger partial charge is 0.465 e. The third kappa shape index (κ3) is 2.96. The van der Waals surface area contributed by atoms with Crippen molar-refractivity contribution < 1.29 is 14.7 Å². The Morgan fingerprint density at radius 3 is 2.68 bits per heavy atom. The SMILES string of the molecule is CN(Nc1ccccc1)C(=O)C1CCCN1C(=O)O. The zero-order valence-electron chi connectivity index (χ0n) is 10.7. The van der Waals surface area contributed by atoms with E-state index in [1.54, 1.807) is 7.05 Å². The van der Waals surface area contributed by atoms with Gasteiger partial charge in [-0.05, 0) is 25.0 Å². The summed E-state index contributed by atoms with van der Waals surface area (Å²) in [5, 5.41) is 10.4. The van der Waals surface area contributed by atoms with Crippen molar-refractivity contribution in [3.05, 3.63) is 30.3 Å². The molecule has 102 valence electrons. The number of carbonyl (C=O) groups is 2. The predicted molar refractivity (Wildman–Crippen MR) is 70.6 cm³/mol. The first-order chi connectivity index (χ1) is 9.09. The van der Waals surface area contributed by atoms with Crippen LogP contribution in [0.4, 0.5) is 10.5 Å². The van der Waals surface area contributed by atoms with Crippen LogP contribution in [0.5, 0.6) is 0 Å². The molecule has 0 spiro atoms. The summed E-state index contributed by atoms with van der Waals surface area (Å²) >= 11 is 0. The van der Waals surface area contributed by atoms with E-state index in [1.807, 2.05) is 30.3 Å². The first-order valence-electron chi connectivity index (χ1n) is 6.18. The fraction of sp³-hybridized carbons (Fsp3) is 0.385. The minimum atomic E-state index is -1.04. The lowest BCUT2D eigenvalue weighted by Crippen LogP contribution is -2.47. The number of likely N-dealkylation sites (tertiary alicyclic amines) is 1. The molecule has 6 nitrogen and oxygen atoms in total. The van der Waals surface area contributed by atoms with Gasteiger partial charge in [-0.2, -0.15) is 0 Å². The third-order valence-electron chi connectivity index (χ3n) is 3.18. The molecule has 1 aliphatic rings. The van der Waals surface area contributed by atoms with Crippen molar-refractivity contribution in [2.45, 2.75) is 18.9 Å². The van der Waals surface area contributed by atoms with Crippen LogP contribution in [0.1, 0.15) is 12.8 Å². The lowest BCUT2D eigenvalue weighted by Gasteiger charge is -2.26. The quantitative estimate of drug-likeness (QED) is 0.813. The molecule has 1 unspecified atom stereocenters. The number of carboxylic acid groups (broad SMARTS) is 1. The molecule has 1 aromatic rings. The average molecular weight is 263 g/mol. The molecule has 0 aromatic heterocycles. The normalized spacial score (nSPS) is 18.2. The zero-order chi connectivity index (χ0) is 13.8. The van der Waals surface area contributed by atoms with Crippen LogP contribution in [0, 0.1) is 0 Å². The highest BCUT2D eigenvalue weighted by Crippen LogP contribution is 2.19. The van der Waals surface area contributed by atoms with Crippen LogP contribution in [0.25, 0.3) is 0 Å². The second-order valence-corrected chi connectivity index (χ2v) is 4.51. The number of hydrazine groups is 1. The van der Waals surface area contributed by atoms with E-state index in [2.05, 4.69) is 5.43 Å². The fourth-order valence-electron chi connectivity index (χ4n) is 2.24. The molecule has 2 N–H and O–H groups in total. The van der Waals surface area contributed by atoms with Gasteiger partial charge < -0.3 is 5.11 Å². The fourth-order valence-corrected chi connectivity index (χ4v) is 2.24. The maximum atomic E-state index is 12.2. The van der Waals surface area contributed by atoms with Gasteiger partial charge in [-0.25, -0.2) is 4.79 Å². The van der Waals surface area contributed by atoms with Crippen molar-refractivity contribution in [3.8, 4) is 0 Å². The third-order valence-corrected chi connectivity index (χ3v) is 3.18. The smallest absolute Gasteiger partial charge is 0.407 e. The number of nitrogens with zero attached hydrogens (tertiary/aromatic N) is 2. The number of para-hydroxylation sites is 1. The van der Waals surface area contributed by atoms with Crippen molar-refractivity contribution in [3.63, 3.8) is 0 Å². The summed E-state index contributed by atoms with van der Waals surface area (Å²) in [6.45, 7) is 0.422. The van der Waals surface area contributed by atoms with Crippen LogP contribution in [-0.4, -0.2) is 46.7 Å². The molecule has 0 saturated carbocycles. The lowest BCUT2D eigenvalue weighted by molar-refractivity contribution is -0.132. The number of amides is 2. The van der Waals surface area contributed by atoms with Crippen LogP contribution in [0.15, 0.2) is 30.3 Å². The van der Waals surface area contributed by atoms with Gasteiger partial charge in [0.25, 0.3) is 5.91 Å². The first kappa shape index (κ1) is 13.2. The predicted octanol–water partition coefficient (Wildman–Crippen LogP) is 1.61. The van der Waals surface area contributed by atoms with Gasteiger partial charge in [-0.3, -0.25) is 20.1 Å². The summed E-state index contributed by atoms with van der Waals surface area (Å²) < 4.78 is 0. The minimum Gasteiger partial charge on any atom is -0.465 e. The number of rotatable bonds is 3. The van der Waals surface area contributed by atoms with E-state index >= 15 is 0 Å². The van der Waals surface area contributed by atoms with Crippen LogP contribution in [-0.2, 0) is 4.79 Å². The lowest BCUT2D eigenvalue weighted by atomic mass is 10.2. The van der Waals surface area contributed by atoms with Gasteiger partial charge in [0, 0.05) is 13.6 Å². The Kier molecular flexibility index (Phi) is 3.89. The van der Waals surface area contributed by atoms with Crippen LogP contribution < -0.4 is 5.43 Å². The summed E-state index contributed by atoms with van der Waals surface area (Å²) in [5.41, 5.74) is 3.73. The van der Waals surface area contributed by atoms with Gasteiger partial charge in [-0.1, -0.05) is 18.2 Å². The molecule has 6 heteroatoms. The van der Waals surface area contributed by atoms with Crippen LogP contribution >= 0.6 is 0 Å². The molecule has 1 aliphatic heterocycles. The Hall–Kier alpha value is -2.24. The Morgan fingerprint density at radius 1 is 1.37 bits per heavy atom. The second-order valence-electron chi connectivity index (χ2n) is 4.51. The Bertz CT molecular complexity index is 463. The van der Waals surface area contributed by atoms with Crippen molar-refractivity contribution in [1.82, 2.24) is 9.91 Å². The summed E-state index contributed by atoms with van der Waals surface area (Å²) in [5.74, 6) is -0.233. The van der Waals surface area contributed by atoms with E-state index in [9.17, 15) is 9.59 Å². The van der Waals surface area contributed by atoms with Crippen LogP contribution in [0.2, 0.25) is 0 Å². The Balaban J connectivity index is 2.01. The van der Waals surface area contributed by atoms with E-state index in [0.717, 1.165) is 12.1 Å². The minimum absolute atomic E-state index is 0.233. The number of hydrogen-bond acceptors (Lipinski definition) is 3. The van der Waals surface area contributed by atoms with Gasteiger partial charge in [-0.15, -0.1) is 0 Å². The molecular formula is C13H17N3O3. The van der Waals surface area contributed by atoms with Gasteiger partial charge in [0.1, 0.15) is 6.04 Å². The van der Waals surface area contributed by atoms with E-state index in [1.165, 1.54) is 9.91 Å². The molecule has 1 aromatic carbocycles. The molecule has 1 heterocycles. The maximum Gasteiger partial charge on any atom is 0.407 e. The molecule has 0 radical (unpaired) electrons. The number of likely N-dealkylation sites (N-methyl/N-ethyl adjacent to an activating group) is 1. The maximum absolute atomic E-state index is 12.2. The van der Waals surface area contributed by atoms with Crippen molar-refractivity contribution in [2.24, 2.45) is 0 Å². The number of nitrogens with one attached hydrogen (secondary N) is 1. The molecule has 1 fully saturated rings. The molecule has 19 heavy (non-hydrogen) atoms. The molecule has 2 rings (SSSR count). The number of anilines is 1. The highest BCUT2D eigenvalue weighted by Gasteiger charge is 2.35. The summed E-state index contributed by atoms with van der Waals surface area (Å²) in [6, 6.07) is 8.70. The monoisotopic (exact) mass is 263 g/mol. The molecular weight excluding hydrogens is 246 g/mol. The Labute approximate surface area is 111 Å². The average Bonchev–Trinajstić information content (AvgIpc) is 2.88. The first-order valence-corrected chi connectivity index (χ1v) is 6.18. The zero-order valence-corrected chi connectivity index (χ0v) is 10.7. The molecule has 1 atom stereocenters. The Morgan fingerprint density at radius 2 is 2.05 bits per heavy atom. The van der Waals surface area contributed by atoms with Gasteiger partial charge in [0.2, 0.25) is 0 Å². The van der Waals surface area contributed by atoms with E-state index < -0.39 is 12.1 Å². The number of carbonyl (C=O) groups excluding carboxylic acids is 1. The van der Waals surface area contributed by atoms with Crippen molar-refractivity contribution >= 4 is 17.7 Å². The highest BCUT2D eigenvalue weighted by molar-refractivity contribution is 5.86. The topological polar surface area (TPSA) is 72.9 Å². The van der Waals surface area contributed by atoms with Crippen molar-refractivity contribution in [1.29, 1.82) is 0 Å².